The van der Waals surface area contributed by atoms with Crippen molar-refractivity contribution in [3.63, 3.8) is 0 Å². The van der Waals surface area contributed by atoms with Crippen LogP contribution in [0.1, 0.15) is 18.4 Å². The number of hydrogen-bond acceptors (Lipinski definition) is 5. The Morgan fingerprint density at radius 1 is 1.03 bits per heavy atom. The maximum Gasteiger partial charge on any atom is 0.573 e. The molecule has 4 rings (SSSR count). The highest BCUT2D eigenvalue weighted by molar-refractivity contribution is 5.94. The van der Waals surface area contributed by atoms with Gasteiger partial charge in [0.25, 0.3) is 5.56 Å². The summed E-state index contributed by atoms with van der Waals surface area (Å²) in [6.45, 7) is 1.15. The molecular weight excluding hydrogens is 423 g/mol. The lowest BCUT2D eigenvalue weighted by Gasteiger charge is -2.35. The van der Waals surface area contributed by atoms with Gasteiger partial charge in [0.05, 0.1) is 11.2 Å². The second-order valence-corrected chi connectivity index (χ2v) is 7.54. The Hall–Kier alpha value is -3.67. The number of aryl methyl sites for hydroxylation is 1. The average molecular weight is 443 g/mol. The van der Waals surface area contributed by atoms with Gasteiger partial charge in [-0.3, -0.25) is 4.79 Å². The van der Waals surface area contributed by atoms with Gasteiger partial charge in [0.15, 0.2) is 0 Å². The molecule has 0 atom stereocenters. The van der Waals surface area contributed by atoms with Crippen LogP contribution in [0.3, 0.4) is 0 Å². The van der Waals surface area contributed by atoms with Gasteiger partial charge in [0.1, 0.15) is 29.2 Å². The van der Waals surface area contributed by atoms with Gasteiger partial charge in [-0.25, -0.2) is 0 Å². The molecule has 166 valence electrons. The topological polar surface area (TPSA) is 67.5 Å². The standard InChI is InChI=1S/C23H20F3N3O3/c1-28-20-5-3-2-4-18(20)21(19(14-27)22(28)30)29-12-10-16(11-13-29)31-15-6-8-17(9-7-15)32-23(24,25)26/h2-9,16H,10-13H2,1H3. The lowest BCUT2D eigenvalue weighted by atomic mass is 10.0. The van der Waals surface area contributed by atoms with Gasteiger partial charge in [-0.15, -0.1) is 13.2 Å². The van der Waals surface area contributed by atoms with Gasteiger partial charge in [0.2, 0.25) is 0 Å². The van der Waals surface area contributed by atoms with E-state index in [0.717, 1.165) is 10.9 Å². The average Bonchev–Trinajstić information content (AvgIpc) is 2.77. The Balaban J connectivity index is 1.49. The van der Waals surface area contributed by atoms with Crippen LogP contribution in [0.2, 0.25) is 0 Å². The molecule has 1 fully saturated rings. The van der Waals surface area contributed by atoms with Crippen LogP contribution in [-0.2, 0) is 7.05 Å². The lowest BCUT2D eigenvalue weighted by molar-refractivity contribution is -0.274. The molecule has 0 amide bonds. The smallest absolute Gasteiger partial charge is 0.490 e. The molecule has 1 saturated heterocycles. The van der Waals surface area contributed by atoms with Crippen molar-refractivity contribution in [2.45, 2.75) is 25.3 Å². The molecule has 0 N–H and O–H groups in total. The molecule has 1 aliphatic heterocycles. The number of aromatic nitrogens is 1. The normalized spacial score (nSPS) is 14.9. The quantitative estimate of drug-likeness (QED) is 0.600. The molecule has 0 aliphatic carbocycles. The number of fused-ring (bicyclic) bond motifs is 1. The van der Waals surface area contributed by atoms with E-state index < -0.39 is 6.36 Å². The number of ether oxygens (including phenoxy) is 2. The van der Waals surface area contributed by atoms with Crippen molar-refractivity contribution in [3.8, 4) is 17.6 Å². The van der Waals surface area contributed by atoms with E-state index in [1.54, 1.807) is 7.05 Å². The lowest BCUT2D eigenvalue weighted by Crippen LogP contribution is -2.40. The third-order valence-electron chi connectivity index (χ3n) is 5.51. The third-order valence-corrected chi connectivity index (χ3v) is 5.51. The molecule has 3 aromatic rings. The molecule has 6 nitrogen and oxygen atoms in total. The van der Waals surface area contributed by atoms with Crippen molar-refractivity contribution in [3.05, 3.63) is 64.4 Å². The number of benzene rings is 2. The van der Waals surface area contributed by atoms with Gasteiger partial charge < -0.3 is 18.9 Å². The van der Waals surface area contributed by atoms with Crippen LogP contribution >= 0.6 is 0 Å². The first-order valence-electron chi connectivity index (χ1n) is 10.1. The molecule has 1 aromatic heterocycles. The molecule has 1 aliphatic rings. The van der Waals surface area contributed by atoms with Crippen LogP contribution < -0.4 is 19.9 Å². The van der Waals surface area contributed by atoms with Gasteiger partial charge in [-0.2, -0.15) is 5.26 Å². The maximum atomic E-state index is 12.7. The largest absolute Gasteiger partial charge is 0.573 e. The zero-order valence-corrected chi connectivity index (χ0v) is 17.2. The zero-order valence-electron chi connectivity index (χ0n) is 17.2. The Morgan fingerprint density at radius 2 is 1.66 bits per heavy atom. The number of nitrogens with zero attached hydrogens (tertiary/aromatic N) is 3. The SMILES string of the molecule is Cn1c(=O)c(C#N)c(N2CCC(Oc3ccc(OC(F)(F)F)cc3)CC2)c2ccccc21. The molecule has 0 unspecified atom stereocenters. The van der Waals surface area contributed by atoms with E-state index in [0.29, 0.717) is 37.4 Å². The Kier molecular flexibility index (Phi) is 5.70. The fraction of sp³-hybridized carbons (Fsp3) is 0.304. The maximum absolute atomic E-state index is 12.7. The summed E-state index contributed by atoms with van der Waals surface area (Å²) in [4.78, 5) is 14.7. The minimum atomic E-state index is -4.74. The number of para-hydroxylation sites is 1. The number of alkyl halides is 3. The van der Waals surface area contributed by atoms with E-state index in [-0.39, 0.29) is 23.0 Å². The first-order chi connectivity index (χ1) is 15.3. The number of pyridine rings is 1. The highest BCUT2D eigenvalue weighted by atomic mass is 19.4. The van der Waals surface area contributed by atoms with Crippen molar-refractivity contribution in [2.24, 2.45) is 7.05 Å². The summed E-state index contributed by atoms with van der Waals surface area (Å²) < 4.78 is 48.1. The van der Waals surface area contributed by atoms with E-state index in [4.69, 9.17) is 4.74 Å². The van der Waals surface area contributed by atoms with Gasteiger partial charge in [0, 0.05) is 38.4 Å². The van der Waals surface area contributed by atoms with Crippen molar-refractivity contribution in [1.29, 1.82) is 5.26 Å². The van der Waals surface area contributed by atoms with E-state index in [2.05, 4.69) is 10.8 Å². The summed E-state index contributed by atoms with van der Waals surface area (Å²) in [6.07, 6.45) is -3.60. The minimum Gasteiger partial charge on any atom is -0.490 e. The van der Waals surface area contributed by atoms with Gasteiger partial charge >= 0.3 is 6.36 Å². The predicted molar refractivity (Wildman–Crippen MR) is 113 cm³/mol. The van der Waals surface area contributed by atoms with Crippen LogP contribution in [0.5, 0.6) is 11.5 Å². The Bertz CT molecular complexity index is 1220. The Morgan fingerprint density at radius 3 is 2.28 bits per heavy atom. The van der Waals surface area contributed by atoms with Crippen LogP contribution in [0.15, 0.2) is 53.3 Å². The summed E-state index contributed by atoms with van der Waals surface area (Å²) in [5, 5.41) is 10.5. The summed E-state index contributed by atoms with van der Waals surface area (Å²) in [6, 6.07) is 14.8. The molecule has 9 heteroatoms. The molecule has 2 aromatic carbocycles. The summed E-state index contributed by atoms with van der Waals surface area (Å²) in [5.74, 6) is 0.149. The molecule has 0 saturated carbocycles. The fourth-order valence-electron chi connectivity index (χ4n) is 4.02. The van der Waals surface area contributed by atoms with Crippen molar-refractivity contribution >= 4 is 16.6 Å². The van der Waals surface area contributed by atoms with E-state index in [1.807, 2.05) is 29.2 Å². The monoisotopic (exact) mass is 443 g/mol. The summed E-state index contributed by atoms with van der Waals surface area (Å²) in [5.41, 5.74) is 1.18. The number of halogens is 3. The van der Waals surface area contributed by atoms with Crippen LogP contribution in [0.4, 0.5) is 18.9 Å². The van der Waals surface area contributed by atoms with Crippen molar-refractivity contribution in [2.75, 3.05) is 18.0 Å². The van der Waals surface area contributed by atoms with Crippen LogP contribution in [0, 0.1) is 11.3 Å². The Labute approximate surface area is 182 Å². The molecule has 0 bridgehead atoms. The molecule has 2 heterocycles. The van der Waals surface area contributed by atoms with Crippen molar-refractivity contribution < 1.29 is 22.6 Å². The highest BCUT2D eigenvalue weighted by Gasteiger charge is 2.31. The molecule has 0 radical (unpaired) electrons. The molecular formula is C23H20F3N3O3. The second-order valence-electron chi connectivity index (χ2n) is 7.54. The number of anilines is 1. The van der Waals surface area contributed by atoms with Crippen molar-refractivity contribution in [1.82, 2.24) is 4.57 Å². The number of piperidine rings is 1. The van der Waals surface area contributed by atoms with E-state index in [9.17, 15) is 23.2 Å². The first-order valence-corrected chi connectivity index (χ1v) is 10.1. The summed E-state index contributed by atoms with van der Waals surface area (Å²) in [7, 11) is 1.65. The van der Waals surface area contributed by atoms with Gasteiger partial charge in [-0.1, -0.05) is 18.2 Å². The number of nitriles is 1. The fourth-order valence-corrected chi connectivity index (χ4v) is 4.02. The van der Waals surface area contributed by atoms with Crippen LogP contribution in [0.25, 0.3) is 10.9 Å². The number of hydrogen-bond donors (Lipinski definition) is 0. The first kappa shape index (κ1) is 21.6. The van der Waals surface area contributed by atoms with E-state index >= 15 is 0 Å². The molecule has 32 heavy (non-hydrogen) atoms. The second kappa shape index (κ2) is 8.46. The minimum absolute atomic E-state index is 0.117. The highest BCUT2D eigenvalue weighted by Crippen LogP contribution is 2.32. The number of rotatable bonds is 4. The van der Waals surface area contributed by atoms with E-state index in [1.165, 1.54) is 28.8 Å². The van der Waals surface area contributed by atoms with Crippen LogP contribution in [-0.4, -0.2) is 30.1 Å². The molecule has 0 spiro atoms. The summed E-state index contributed by atoms with van der Waals surface area (Å²) >= 11 is 0. The third kappa shape index (κ3) is 4.35. The van der Waals surface area contributed by atoms with Gasteiger partial charge in [-0.05, 0) is 30.3 Å². The predicted octanol–water partition coefficient (Wildman–Crippen LogP) is 4.36. The zero-order chi connectivity index (χ0) is 22.9.